The second-order valence-corrected chi connectivity index (χ2v) is 4.71. The van der Waals surface area contributed by atoms with Crippen molar-refractivity contribution in [2.24, 2.45) is 0 Å². The highest BCUT2D eigenvalue weighted by molar-refractivity contribution is 5.75. The molecule has 0 radical (unpaired) electrons. The lowest BCUT2D eigenvalue weighted by molar-refractivity contribution is 0.510. The van der Waals surface area contributed by atoms with Crippen LogP contribution in [0, 0.1) is 11.6 Å². The number of hydrogen-bond acceptors (Lipinski definition) is 2. The van der Waals surface area contributed by atoms with Crippen molar-refractivity contribution in [1.29, 1.82) is 0 Å². The summed E-state index contributed by atoms with van der Waals surface area (Å²) in [5.41, 5.74) is 8.44. The van der Waals surface area contributed by atoms with Crippen molar-refractivity contribution in [2.75, 3.05) is 5.73 Å². The average molecular weight is 273 g/mol. The van der Waals surface area contributed by atoms with E-state index in [0.29, 0.717) is 23.3 Å². The molecule has 3 nitrogen and oxygen atoms in total. The van der Waals surface area contributed by atoms with Gasteiger partial charge in [0.15, 0.2) is 11.6 Å². The van der Waals surface area contributed by atoms with Crippen LogP contribution in [0.2, 0.25) is 0 Å². The van der Waals surface area contributed by atoms with Crippen molar-refractivity contribution in [3.8, 4) is 0 Å². The summed E-state index contributed by atoms with van der Waals surface area (Å²) in [6.07, 6.45) is 1.45. The average Bonchev–Trinajstić information content (AvgIpc) is 2.80. The zero-order valence-electron chi connectivity index (χ0n) is 10.7. The lowest BCUT2D eigenvalue weighted by Gasteiger charge is -1.99. The molecule has 0 unspecified atom stereocenters. The Bertz CT molecular complexity index is 709. The maximum absolute atomic E-state index is 13.1. The molecule has 5 heteroatoms. The first kappa shape index (κ1) is 12.6. The fraction of sp³-hybridized carbons (Fsp3) is 0.133. The fourth-order valence-electron chi connectivity index (χ4n) is 2.12. The number of imidazole rings is 1. The molecule has 20 heavy (non-hydrogen) atoms. The van der Waals surface area contributed by atoms with Crippen LogP contribution >= 0.6 is 0 Å². The molecule has 0 atom stereocenters. The summed E-state index contributed by atoms with van der Waals surface area (Å²) in [5.74, 6) is -1.04. The number of nitrogens with one attached hydrogen (secondary N) is 1. The van der Waals surface area contributed by atoms with Gasteiger partial charge in [-0.15, -0.1) is 0 Å². The molecule has 2 aromatic carbocycles. The van der Waals surface area contributed by atoms with Gasteiger partial charge in [-0.05, 0) is 24.1 Å². The van der Waals surface area contributed by atoms with Gasteiger partial charge in [-0.25, -0.2) is 13.8 Å². The molecule has 3 aromatic rings. The van der Waals surface area contributed by atoms with Gasteiger partial charge in [0.2, 0.25) is 0 Å². The first-order chi connectivity index (χ1) is 9.61. The summed E-state index contributed by atoms with van der Waals surface area (Å²) in [6, 6.07) is 9.84. The standard InChI is InChI=1S/C15H13F2N3/c16-11-7-13-14(8-12(11)17)20-15(19-13)6-3-9-1-4-10(18)5-2-9/h1-2,4-5,7-8H,3,6,18H2,(H,19,20). The highest BCUT2D eigenvalue weighted by atomic mass is 19.2. The summed E-state index contributed by atoms with van der Waals surface area (Å²) in [5, 5.41) is 0. The van der Waals surface area contributed by atoms with Crippen molar-refractivity contribution >= 4 is 16.7 Å². The van der Waals surface area contributed by atoms with Gasteiger partial charge in [0.05, 0.1) is 11.0 Å². The Hall–Kier alpha value is -2.43. The van der Waals surface area contributed by atoms with Crippen LogP contribution in [0.5, 0.6) is 0 Å². The van der Waals surface area contributed by atoms with Gasteiger partial charge in [-0.1, -0.05) is 12.1 Å². The number of anilines is 1. The van der Waals surface area contributed by atoms with Crippen LogP contribution in [0.25, 0.3) is 11.0 Å². The quantitative estimate of drug-likeness (QED) is 0.720. The monoisotopic (exact) mass is 273 g/mol. The van der Waals surface area contributed by atoms with Crippen molar-refractivity contribution in [3.63, 3.8) is 0 Å². The molecule has 0 bridgehead atoms. The molecule has 0 aliphatic heterocycles. The second kappa shape index (κ2) is 4.92. The smallest absolute Gasteiger partial charge is 0.161 e. The molecule has 0 aliphatic rings. The summed E-state index contributed by atoms with van der Waals surface area (Å²) < 4.78 is 26.2. The molecule has 0 amide bonds. The van der Waals surface area contributed by atoms with E-state index in [9.17, 15) is 8.78 Å². The molecule has 0 aliphatic carbocycles. The molecule has 1 heterocycles. The van der Waals surface area contributed by atoms with Gasteiger partial charge in [-0.3, -0.25) is 0 Å². The molecule has 0 spiro atoms. The largest absolute Gasteiger partial charge is 0.399 e. The molecule has 0 saturated carbocycles. The van der Waals surface area contributed by atoms with E-state index < -0.39 is 11.6 Å². The Balaban J connectivity index is 1.79. The number of nitrogens with two attached hydrogens (primary N) is 1. The number of H-pyrrole nitrogens is 1. The third-order valence-corrected chi connectivity index (χ3v) is 3.20. The topological polar surface area (TPSA) is 54.7 Å². The molecule has 0 fully saturated rings. The Morgan fingerprint density at radius 3 is 2.45 bits per heavy atom. The van der Waals surface area contributed by atoms with Gasteiger partial charge >= 0.3 is 0 Å². The molecule has 1 aromatic heterocycles. The van der Waals surface area contributed by atoms with Crippen molar-refractivity contribution in [1.82, 2.24) is 9.97 Å². The van der Waals surface area contributed by atoms with E-state index in [1.54, 1.807) is 0 Å². The van der Waals surface area contributed by atoms with E-state index in [0.717, 1.165) is 29.8 Å². The summed E-state index contributed by atoms with van der Waals surface area (Å²) in [6.45, 7) is 0. The minimum Gasteiger partial charge on any atom is -0.399 e. The minimum atomic E-state index is -0.880. The number of halogens is 2. The van der Waals surface area contributed by atoms with Crippen molar-refractivity contribution in [2.45, 2.75) is 12.8 Å². The normalized spacial score (nSPS) is 11.1. The number of aromatic amines is 1. The predicted octanol–water partition coefficient (Wildman–Crippen LogP) is 3.21. The third-order valence-electron chi connectivity index (χ3n) is 3.20. The first-order valence-electron chi connectivity index (χ1n) is 6.30. The fourth-order valence-corrected chi connectivity index (χ4v) is 2.12. The van der Waals surface area contributed by atoms with Crippen LogP contribution < -0.4 is 5.73 Å². The molecule has 0 saturated heterocycles. The maximum Gasteiger partial charge on any atom is 0.161 e. The Morgan fingerprint density at radius 1 is 1.00 bits per heavy atom. The SMILES string of the molecule is Nc1ccc(CCc2nc3cc(F)c(F)cc3[nH]2)cc1. The van der Waals surface area contributed by atoms with Gasteiger partial charge in [0, 0.05) is 24.2 Å². The van der Waals surface area contributed by atoms with E-state index in [4.69, 9.17) is 5.73 Å². The van der Waals surface area contributed by atoms with Gasteiger partial charge in [0.1, 0.15) is 5.82 Å². The molecule has 3 N–H and O–H groups in total. The zero-order chi connectivity index (χ0) is 14.1. The highest BCUT2D eigenvalue weighted by Gasteiger charge is 2.08. The molecule has 3 rings (SSSR count). The molecule has 102 valence electrons. The number of nitrogen functional groups attached to an aromatic ring is 1. The van der Waals surface area contributed by atoms with E-state index in [-0.39, 0.29) is 0 Å². The predicted molar refractivity (Wildman–Crippen MR) is 74.3 cm³/mol. The minimum absolute atomic E-state index is 0.441. The number of benzene rings is 2. The second-order valence-electron chi connectivity index (χ2n) is 4.71. The van der Waals surface area contributed by atoms with Crippen molar-refractivity contribution < 1.29 is 8.78 Å². The van der Waals surface area contributed by atoms with E-state index in [2.05, 4.69) is 9.97 Å². The van der Waals surface area contributed by atoms with Crippen LogP contribution in [0.3, 0.4) is 0 Å². The number of fused-ring (bicyclic) bond motifs is 1. The summed E-state index contributed by atoms with van der Waals surface area (Å²) in [7, 11) is 0. The van der Waals surface area contributed by atoms with Crippen LogP contribution in [-0.4, -0.2) is 9.97 Å². The first-order valence-corrected chi connectivity index (χ1v) is 6.30. The van der Waals surface area contributed by atoms with Crippen LogP contribution in [0.15, 0.2) is 36.4 Å². The molecular formula is C15H13F2N3. The third kappa shape index (κ3) is 2.47. The lowest BCUT2D eigenvalue weighted by Crippen LogP contribution is -1.94. The van der Waals surface area contributed by atoms with Gasteiger partial charge in [0.25, 0.3) is 0 Å². The van der Waals surface area contributed by atoms with E-state index >= 15 is 0 Å². The van der Waals surface area contributed by atoms with Crippen LogP contribution in [0.1, 0.15) is 11.4 Å². The number of nitrogens with zero attached hydrogens (tertiary/aromatic N) is 1. The van der Waals surface area contributed by atoms with Gasteiger partial charge in [-0.2, -0.15) is 0 Å². The Morgan fingerprint density at radius 2 is 1.70 bits per heavy atom. The lowest BCUT2D eigenvalue weighted by atomic mass is 10.1. The number of hydrogen-bond donors (Lipinski definition) is 2. The Labute approximate surface area is 114 Å². The zero-order valence-corrected chi connectivity index (χ0v) is 10.7. The molecular weight excluding hydrogens is 260 g/mol. The highest BCUT2D eigenvalue weighted by Crippen LogP contribution is 2.17. The number of aromatic nitrogens is 2. The van der Waals surface area contributed by atoms with E-state index in [1.165, 1.54) is 0 Å². The Kier molecular flexibility index (Phi) is 3.10. The number of aryl methyl sites for hydroxylation is 2. The number of rotatable bonds is 3. The van der Waals surface area contributed by atoms with Gasteiger partial charge < -0.3 is 10.7 Å². The van der Waals surface area contributed by atoms with Crippen molar-refractivity contribution in [3.05, 3.63) is 59.4 Å². The van der Waals surface area contributed by atoms with Crippen LogP contribution in [-0.2, 0) is 12.8 Å². The summed E-state index contributed by atoms with van der Waals surface area (Å²) in [4.78, 5) is 7.26. The summed E-state index contributed by atoms with van der Waals surface area (Å²) >= 11 is 0. The maximum atomic E-state index is 13.1. The van der Waals surface area contributed by atoms with Crippen LogP contribution in [0.4, 0.5) is 14.5 Å². The van der Waals surface area contributed by atoms with E-state index in [1.807, 2.05) is 24.3 Å².